The molecule has 3 aliphatic rings. The van der Waals surface area contributed by atoms with E-state index in [4.69, 9.17) is 20.4 Å². The summed E-state index contributed by atoms with van der Waals surface area (Å²) >= 11 is 0. The second kappa shape index (κ2) is 15.6. The Kier molecular flexibility index (Phi) is 14.4. The minimum absolute atomic E-state index is 0.269. The third-order valence-electron chi connectivity index (χ3n) is 4.25. The van der Waals surface area contributed by atoms with Crippen molar-refractivity contribution in [2.24, 2.45) is 5.73 Å². The maximum absolute atomic E-state index is 10.1. The van der Waals surface area contributed by atoms with Gasteiger partial charge in [-0.25, -0.2) is 0 Å². The van der Waals surface area contributed by atoms with Gasteiger partial charge in [0.1, 0.15) is 18.1 Å². The van der Waals surface area contributed by atoms with Gasteiger partial charge in [0.25, 0.3) is 0 Å². The van der Waals surface area contributed by atoms with Crippen molar-refractivity contribution in [3.63, 3.8) is 0 Å². The third-order valence-corrected chi connectivity index (χ3v) is 4.25. The zero-order valence-electron chi connectivity index (χ0n) is 16.3. The molecule has 0 aliphatic carbocycles. The number of aliphatic carboxylic acids is 4. The lowest BCUT2D eigenvalue weighted by Gasteiger charge is -1.99. The molecule has 0 spiro atoms. The summed E-state index contributed by atoms with van der Waals surface area (Å²) in [5.74, 6) is -3.13. The Morgan fingerprint density at radius 3 is 0.966 bits per heavy atom. The Morgan fingerprint density at radius 1 is 0.655 bits per heavy atom. The van der Waals surface area contributed by atoms with Gasteiger partial charge in [0.05, 0.1) is 6.54 Å². The normalized spacial score (nSPS) is 24.7. The first-order valence-electron chi connectivity index (χ1n) is 9.49. The van der Waals surface area contributed by atoms with Gasteiger partial charge in [-0.1, -0.05) is 0 Å². The summed E-state index contributed by atoms with van der Waals surface area (Å²) in [7, 11) is 0. The van der Waals surface area contributed by atoms with Crippen molar-refractivity contribution >= 4 is 23.9 Å². The lowest BCUT2D eigenvalue weighted by molar-refractivity contribution is -0.140. The number of carboxylic acids is 4. The van der Waals surface area contributed by atoms with E-state index in [9.17, 15) is 19.2 Å². The molecule has 29 heavy (non-hydrogen) atoms. The Balaban J connectivity index is 0.000000367. The Bertz CT molecular complexity index is 452. The largest absolute Gasteiger partial charge is 0.480 e. The molecule has 12 nitrogen and oxygen atoms in total. The van der Waals surface area contributed by atoms with Crippen molar-refractivity contribution < 1.29 is 39.6 Å². The first-order chi connectivity index (χ1) is 13.7. The number of hydrogen-bond acceptors (Lipinski definition) is 8. The van der Waals surface area contributed by atoms with Crippen LogP contribution >= 0.6 is 0 Å². The van der Waals surface area contributed by atoms with E-state index in [1.165, 1.54) is 0 Å². The van der Waals surface area contributed by atoms with E-state index in [0.29, 0.717) is 0 Å². The van der Waals surface area contributed by atoms with Crippen LogP contribution in [0.2, 0.25) is 0 Å². The summed E-state index contributed by atoms with van der Waals surface area (Å²) < 4.78 is 0. The van der Waals surface area contributed by atoms with Gasteiger partial charge in [-0.2, -0.15) is 0 Å². The van der Waals surface area contributed by atoms with Crippen molar-refractivity contribution in [1.82, 2.24) is 16.0 Å². The number of hydrogen-bond donors (Lipinski definition) is 8. The molecular weight excluding hydrogens is 388 g/mol. The van der Waals surface area contributed by atoms with Crippen molar-refractivity contribution in [2.45, 2.75) is 56.7 Å². The minimum atomic E-state index is -0.968. The number of carbonyl (C=O) groups is 4. The quantitative estimate of drug-likeness (QED) is 0.261. The number of rotatable bonds is 4. The van der Waals surface area contributed by atoms with Crippen LogP contribution in [-0.4, -0.2) is 88.6 Å². The summed E-state index contributed by atoms with van der Waals surface area (Å²) in [5.41, 5.74) is 4.57. The molecule has 0 bridgehead atoms. The Morgan fingerprint density at radius 2 is 0.897 bits per heavy atom. The molecule has 168 valence electrons. The predicted octanol–water partition coefficient (Wildman–Crippen LogP) is -1.50. The van der Waals surface area contributed by atoms with Gasteiger partial charge in [-0.3, -0.25) is 19.2 Å². The van der Waals surface area contributed by atoms with Gasteiger partial charge in [0, 0.05) is 0 Å². The lowest BCUT2D eigenvalue weighted by Crippen LogP contribution is -2.29. The van der Waals surface area contributed by atoms with E-state index in [2.05, 4.69) is 21.7 Å². The molecule has 0 aromatic heterocycles. The number of carboxylic acid groups (broad SMARTS) is 4. The van der Waals surface area contributed by atoms with E-state index in [0.717, 1.165) is 58.2 Å². The molecule has 0 radical (unpaired) electrons. The monoisotopic (exact) mass is 420 g/mol. The van der Waals surface area contributed by atoms with E-state index in [-0.39, 0.29) is 24.7 Å². The Labute approximate surface area is 168 Å². The van der Waals surface area contributed by atoms with Crippen LogP contribution in [0, 0.1) is 0 Å². The first-order valence-corrected chi connectivity index (χ1v) is 9.49. The molecule has 12 heteroatoms. The zero-order chi connectivity index (χ0) is 22.2. The molecule has 3 fully saturated rings. The predicted molar refractivity (Wildman–Crippen MR) is 103 cm³/mol. The molecule has 3 atom stereocenters. The minimum Gasteiger partial charge on any atom is -0.480 e. The molecule has 9 N–H and O–H groups in total. The highest BCUT2D eigenvalue weighted by atomic mass is 16.4. The first kappa shape index (κ1) is 26.7. The average Bonchev–Trinajstić information content (AvgIpc) is 3.47. The second-order valence-corrected chi connectivity index (χ2v) is 6.56. The average molecular weight is 420 g/mol. The van der Waals surface area contributed by atoms with Crippen LogP contribution in [0.25, 0.3) is 0 Å². The van der Waals surface area contributed by atoms with E-state index >= 15 is 0 Å². The fourth-order valence-electron chi connectivity index (χ4n) is 2.69. The summed E-state index contributed by atoms with van der Waals surface area (Å²) in [6.45, 7) is 2.30. The molecule has 0 aromatic rings. The summed E-state index contributed by atoms with van der Waals surface area (Å²) in [4.78, 5) is 39.7. The number of nitrogens with one attached hydrogen (secondary N) is 3. The smallest absolute Gasteiger partial charge is 0.320 e. The second-order valence-electron chi connectivity index (χ2n) is 6.56. The fraction of sp³-hybridized carbons (Fsp3) is 0.765. The third kappa shape index (κ3) is 13.5. The van der Waals surface area contributed by atoms with Crippen molar-refractivity contribution in [3.05, 3.63) is 0 Å². The van der Waals surface area contributed by atoms with Crippen molar-refractivity contribution in [1.29, 1.82) is 0 Å². The van der Waals surface area contributed by atoms with E-state index < -0.39 is 23.9 Å². The fourth-order valence-corrected chi connectivity index (χ4v) is 2.69. The molecule has 3 heterocycles. The molecule has 3 aliphatic heterocycles. The van der Waals surface area contributed by atoms with Gasteiger partial charge >= 0.3 is 23.9 Å². The van der Waals surface area contributed by atoms with E-state index in [1.807, 2.05) is 0 Å². The van der Waals surface area contributed by atoms with Crippen LogP contribution in [0.4, 0.5) is 0 Å². The highest BCUT2D eigenvalue weighted by Crippen LogP contribution is 2.04. The molecule has 0 unspecified atom stereocenters. The van der Waals surface area contributed by atoms with Crippen molar-refractivity contribution in [2.75, 3.05) is 26.2 Å². The van der Waals surface area contributed by atoms with Gasteiger partial charge in [0.2, 0.25) is 0 Å². The standard InChI is InChI=1S/3C5H9NO2.C2H5NO2/c3*7-5(8)4-2-1-3-6-4;3-1-2(4)5/h3*4,6H,1-3H2,(H,7,8);1,3H2,(H,4,5)/t3*4-;/m000./s1. The summed E-state index contributed by atoms with van der Waals surface area (Å²) in [6.07, 6.45) is 5.35. The van der Waals surface area contributed by atoms with Crippen LogP contribution in [0.15, 0.2) is 0 Å². The van der Waals surface area contributed by atoms with Crippen LogP contribution < -0.4 is 21.7 Å². The maximum atomic E-state index is 10.1. The van der Waals surface area contributed by atoms with Gasteiger partial charge < -0.3 is 42.1 Å². The van der Waals surface area contributed by atoms with Crippen LogP contribution in [0.1, 0.15) is 38.5 Å². The van der Waals surface area contributed by atoms with Gasteiger partial charge in [-0.05, 0) is 58.2 Å². The SMILES string of the molecule is NCC(=O)O.O=C(O)[C@@H]1CCCN1.O=C(O)[C@@H]1CCCN1.O=C(O)[C@@H]1CCCN1. The molecule has 0 amide bonds. The van der Waals surface area contributed by atoms with E-state index in [1.54, 1.807) is 0 Å². The topological polar surface area (TPSA) is 211 Å². The molecule has 0 aromatic carbocycles. The van der Waals surface area contributed by atoms with Crippen LogP contribution in [0.3, 0.4) is 0 Å². The van der Waals surface area contributed by atoms with Gasteiger partial charge in [-0.15, -0.1) is 0 Å². The summed E-state index contributed by atoms with van der Waals surface area (Å²) in [6, 6.07) is -0.806. The van der Waals surface area contributed by atoms with Gasteiger partial charge in [0.15, 0.2) is 0 Å². The van der Waals surface area contributed by atoms with Crippen molar-refractivity contribution in [3.8, 4) is 0 Å². The highest BCUT2D eigenvalue weighted by Gasteiger charge is 2.21. The van der Waals surface area contributed by atoms with Crippen LogP contribution in [0.5, 0.6) is 0 Å². The molecule has 0 saturated carbocycles. The Hall–Kier alpha value is -2.28. The summed E-state index contributed by atoms with van der Waals surface area (Å²) in [5, 5.41) is 41.2. The zero-order valence-corrected chi connectivity index (χ0v) is 16.3. The number of nitrogens with two attached hydrogens (primary N) is 1. The highest BCUT2D eigenvalue weighted by molar-refractivity contribution is 5.74. The molecular formula is C17H32N4O8. The van der Waals surface area contributed by atoms with Crippen LogP contribution in [-0.2, 0) is 19.2 Å². The molecule has 3 rings (SSSR count). The maximum Gasteiger partial charge on any atom is 0.320 e. The molecule has 3 saturated heterocycles. The lowest BCUT2D eigenvalue weighted by atomic mass is 10.2.